The van der Waals surface area contributed by atoms with Gasteiger partial charge in [0.05, 0.1) is 10.6 Å². The molecule has 4 aromatic rings. The molecule has 0 bridgehead atoms. The molecule has 35 heavy (non-hydrogen) atoms. The van der Waals surface area contributed by atoms with Gasteiger partial charge in [0.15, 0.2) is 9.84 Å². The minimum absolute atomic E-state index is 0.142. The summed E-state index contributed by atoms with van der Waals surface area (Å²) < 4.78 is 23.2. The first kappa shape index (κ1) is 24.2. The third kappa shape index (κ3) is 6.34. The van der Waals surface area contributed by atoms with Crippen molar-refractivity contribution >= 4 is 27.3 Å². The molecule has 0 aliphatic heterocycles. The number of hydrogen-bond acceptors (Lipinski definition) is 8. The lowest BCUT2D eigenvalue weighted by atomic mass is 10.0. The fourth-order valence-corrected chi connectivity index (χ4v) is 4.35. The molecular weight excluding hydrogens is 460 g/mol. The summed E-state index contributed by atoms with van der Waals surface area (Å²) in [6.45, 7) is 1.74. The van der Waals surface area contributed by atoms with Crippen molar-refractivity contribution in [1.82, 2.24) is 15.3 Å². The summed E-state index contributed by atoms with van der Waals surface area (Å²) in [4.78, 5) is 8.90. The Balaban J connectivity index is 1.45. The van der Waals surface area contributed by atoms with Crippen LogP contribution < -0.4 is 22.1 Å². The van der Waals surface area contributed by atoms with E-state index in [1.54, 1.807) is 24.3 Å². The van der Waals surface area contributed by atoms with Gasteiger partial charge in [-0.3, -0.25) is 0 Å². The van der Waals surface area contributed by atoms with Crippen LogP contribution in [0.25, 0.3) is 11.1 Å². The van der Waals surface area contributed by atoms with Gasteiger partial charge in [-0.15, -0.1) is 0 Å². The predicted octanol–water partition coefficient (Wildman–Crippen LogP) is 3.61. The molecule has 4 rings (SSSR count). The van der Waals surface area contributed by atoms with Gasteiger partial charge in [-0.1, -0.05) is 54.6 Å². The van der Waals surface area contributed by atoms with Gasteiger partial charge in [0.2, 0.25) is 5.95 Å². The van der Waals surface area contributed by atoms with E-state index in [2.05, 4.69) is 32.7 Å². The minimum Gasteiger partial charge on any atom is -0.383 e. The van der Waals surface area contributed by atoms with Gasteiger partial charge >= 0.3 is 0 Å². The Hall–Kier alpha value is -3.95. The molecule has 0 fully saturated rings. The predicted molar refractivity (Wildman–Crippen MR) is 140 cm³/mol. The Morgan fingerprint density at radius 1 is 0.771 bits per heavy atom. The third-order valence-electron chi connectivity index (χ3n) is 5.52. The monoisotopic (exact) mass is 488 g/mol. The number of nitrogens with zero attached hydrogens (tertiary/aromatic N) is 2. The van der Waals surface area contributed by atoms with E-state index in [1.807, 2.05) is 42.5 Å². The number of nitrogen functional groups attached to an aromatic ring is 2. The zero-order valence-electron chi connectivity index (χ0n) is 19.4. The highest BCUT2D eigenvalue weighted by molar-refractivity contribution is 7.90. The molecule has 0 aliphatic carbocycles. The molecule has 1 aromatic heterocycles. The number of sulfone groups is 1. The second-order valence-electron chi connectivity index (χ2n) is 8.22. The van der Waals surface area contributed by atoms with E-state index >= 15 is 0 Å². The minimum atomic E-state index is -3.20. The molecule has 0 aliphatic rings. The number of benzene rings is 3. The molecule has 180 valence electrons. The SMILES string of the molecule is CS(=O)(=O)c1ccc(CNc2ccc(-c3c(N)nc(N)nc3CNCc3ccccc3)cc2)cc1. The molecule has 0 amide bonds. The van der Waals surface area contributed by atoms with Crippen LogP contribution in [0.2, 0.25) is 0 Å². The van der Waals surface area contributed by atoms with Crippen LogP contribution in [0.1, 0.15) is 16.8 Å². The average molecular weight is 489 g/mol. The summed E-state index contributed by atoms with van der Waals surface area (Å²) in [6, 6.07) is 24.8. The Morgan fingerprint density at radius 3 is 2.09 bits per heavy atom. The summed E-state index contributed by atoms with van der Waals surface area (Å²) >= 11 is 0. The number of hydrogen-bond donors (Lipinski definition) is 4. The quantitative estimate of drug-likeness (QED) is 0.280. The van der Waals surface area contributed by atoms with E-state index in [1.165, 1.54) is 11.8 Å². The van der Waals surface area contributed by atoms with Crippen LogP contribution in [-0.4, -0.2) is 24.6 Å². The Morgan fingerprint density at radius 2 is 1.43 bits per heavy atom. The van der Waals surface area contributed by atoms with Gasteiger partial charge in [-0.25, -0.2) is 13.4 Å². The largest absolute Gasteiger partial charge is 0.383 e. The highest BCUT2D eigenvalue weighted by Gasteiger charge is 2.14. The van der Waals surface area contributed by atoms with Crippen molar-refractivity contribution in [2.75, 3.05) is 23.0 Å². The fraction of sp³-hybridized carbons (Fsp3) is 0.154. The average Bonchev–Trinajstić information content (AvgIpc) is 2.83. The molecule has 3 aromatic carbocycles. The van der Waals surface area contributed by atoms with E-state index in [0.29, 0.717) is 30.3 Å². The molecule has 0 unspecified atom stereocenters. The zero-order chi connectivity index (χ0) is 24.8. The first-order chi connectivity index (χ1) is 16.8. The topological polar surface area (TPSA) is 136 Å². The Labute approximate surface area is 205 Å². The van der Waals surface area contributed by atoms with Crippen LogP contribution >= 0.6 is 0 Å². The maximum atomic E-state index is 11.6. The van der Waals surface area contributed by atoms with Crippen LogP contribution in [0.5, 0.6) is 0 Å². The Bertz CT molecular complexity index is 1390. The summed E-state index contributed by atoms with van der Waals surface area (Å²) in [5.41, 5.74) is 17.5. The molecule has 8 nitrogen and oxygen atoms in total. The molecule has 0 spiro atoms. The van der Waals surface area contributed by atoms with E-state index in [4.69, 9.17) is 11.5 Å². The van der Waals surface area contributed by atoms with Crippen molar-refractivity contribution in [2.24, 2.45) is 0 Å². The first-order valence-electron chi connectivity index (χ1n) is 11.1. The van der Waals surface area contributed by atoms with Crippen molar-refractivity contribution in [3.8, 4) is 11.1 Å². The summed E-state index contributed by atoms with van der Waals surface area (Å²) in [5, 5.41) is 6.74. The van der Waals surface area contributed by atoms with Gasteiger partial charge in [0.1, 0.15) is 5.82 Å². The molecule has 0 radical (unpaired) electrons. The maximum absolute atomic E-state index is 11.6. The molecule has 6 N–H and O–H groups in total. The van der Waals surface area contributed by atoms with E-state index in [-0.39, 0.29) is 5.95 Å². The summed E-state index contributed by atoms with van der Waals surface area (Å²) in [7, 11) is -3.20. The van der Waals surface area contributed by atoms with Crippen molar-refractivity contribution in [1.29, 1.82) is 0 Å². The van der Waals surface area contributed by atoms with Gasteiger partial charge in [-0.2, -0.15) is 4.98 Å². The van der Waals surface area contributed by atoms with Crippen LogP contribution in [-0.2, 0) is 29.5 Å². The molecule has 0 saturated heterocycles. The fourth-order valence-electron chi connectivity index (χ4n) is 3.72. The van der Waals surface area contributed by atoms with Crippen LogP contribution in [0.3, 0.4) is 0 Å². The number of nitrogens with one attached hydrogen (secondary N) is 2. The highest BCUT2D eigenvalue weighted by Crippen LogP contribution is 2.29. The van der Waals surface area contributed by atoms with Crippen LogP contribution in [0, 0.1) is 0 Å². The molecule has 0 atom stereocenters. The van der Waals surface area contributed by atoms with Gasteiger partial charge in [-0.05, 0) is 41.0 Å². The lowest BCUT2D eigenvalue weighted by Gasteiger charge is -2.14. The van der Waals surface area contributed by atoms with Crippen molar-refractivity contribution in [3.05, 3.63) is 95.7 Å². The summed E-state index contributed by atoms with van der Waals surface area (Å²) in [6.07, 6.45) is 1.20. The lowest BCUT2D eigenvalue weighted by molar-refractivity contribution is 0.602. The van der Waals surface area contributed by atoms with E-state index in [9.17, 15) is 8.42 Å². The van der Waals surface area contributed by atoms with Gasteiger partial charge in [0.25, 0.3) is 0 Å². The second-order valence-corrected chi connectivity index (χ2v) is 10.2. The molecule has 9 heteroatoms. The second kappa shape index (κ2) is 10.5. The smallest absolute Gasteiger partial charge is 0.222 e. The van der Waals surface area contributed by atoms with Crippen molar-refractivity contribution in [3.63, 3.8) is 0 Å². The normalized spacial score (nSPS) is 11.3. The standard InChI is InChI=1S/C26H28N6O2S/c1-35(33,34)22-13-7-19(8-14-22)16-30-21-11-9-20(10-12-21)24-23(31-26(28)32-25(24)27)17-29-15-18-5-3-2-4-6-18/h2-14,29-30H,15-17H2,1H3,(H4,27,28,31,32). The van der Waals surface area contributed by atoms with Crippen molar-refractivity contribution < 1.29 is 8.42 Å². The van der Waals surface area contributed by atoms with Gasteiger partial charge in [0, 0.05) is 37.1 Å². The first-order valence-corrected chi connectivity index (χ1v) is 13.0. The number of nitrogens with two attached hydrogens (primary N) is 2. The van der Waals surface area contributed by atoms with Crippen molar-refractivity contribution in [2.45, 2.75) is 24.5 Å². The maximum Gasteiger partial charge on any atom is 0.222 e. The molecule has 0 saturated carbocycles. The zero-order valence-corrected chi connectivity index (χ0v) is 20.2. The number of anilines is 3. The number of aromatic nitrogens is 2. The van der Waals surface area contributed by atoms with E-state index < -0.39 is 9.84 Å². The summed E-state index contributed by atoms with van der Waals surface area (Å²) in [5.74, 6) is 0.476. The van der Waals surface area contributed by atoms with Crippen LogP contribution in [0.15, 0.2) is 83.8 Å². The highest BCUT2D eigenvalue weighted by atomic mass is 32.2. The lowest BCUT2D eigenvalue weighted by Crippen LogP contribution is -2.16. The number of rotatable bonds is 9. The van der Waals surface area contributed by atoms with Gasteiger partial charge < -0.3 is 22.1 Å². The molecule has 1 heterocycles. The van der Waals surface area contributed by atoms with Crippen LogP contribution in [0.4, 0.5) is 17.5 Å². The molecular formula is C26H28N6O2S. The Kier molecular flexibility index (Phi) is 7.28. The van der Waals surface area contributed by atoms with E-state index in [0.717, 1.165) is 28.1 Å². The third-order valence-corrected chi connectivity index (χ3v) is 6.64.